The Morgan fingerprint density at radius 1 is 1.17 bits per heavy atom. The van der Waals surface area contributed by atoms with Gasteiger partial charge in [0, 0.05) is 11.6 Å². The van der Waals surface area contributed by atoms with Crippen LogP contribution in [0.1, 0.15) is 6.42 Å². The maximum Gasteiger partial charge on any atom is 0.204 e. The molecule has 1 fully saturated rings. The molecule has 0 bridgehead atoms. The number of halogens is 1. The van der Waals surface area contributed by atoms with Crippen LogP contribution in [-0.2, 0) is 16.5 Å². The van der Waals surface area contributed by atoms with E-state index in [1.807, 2.05) is 46.8 Å². The average molecular weight is 433 g/mol. The Labute approximate surface area is 174 Å². The summed E-state index contributed by atoms with van der Waals surface area (Å²) >= 11 is 5.69. The van der Waals surface area contributed by atoms with Gasteiger partial charge < -0.3 is 0 Å². The number of benzene rings is 2. The molecule has 0 radical (unpaired) electrons. The summed E-state index contributed by atoms with van der Waals surface area (Å²) in [5.41, 5.74) is 1.60. The third-order valence-electron chi connectivity index (χ3n) is 5.14. The van der Waals surface area contributed by atoms with Crippen LogP contribution in [0.5, 0.6) is 0 Å². The highest BCUT2D eigenvalue weighted by molar-refractivity contribution is 7.91. The Morgan fingerprint density at radius 2 is 1.86 bits per heavy atom. The van der Waals surface area contributed by atoms with Crippen LogP contribution in [0.15, 0.2) is 54.6 Å². The van der Waals surface area contributed by atoms with Crippen LogP contribution in [0.4, 0.5) is 4.39 Å². The predicted octanol–water partition coefficient (Wildman–Crippen LogP) is 3.29. The van der Waals surface area contributed by atoms with Gasteiger partial charge in [-0.1, -0.05) is 30.3 Å². The molecule has 2 heterocycles. The van der Waals surface area contributed by atoms with E-state index in [9.17, 15) is 12.8 Å². The first kappa shape index (κ1) is 19.9. The summed E-state index contributed by atoms with van der Waals surface area (Å²) in [6, 6.07) is 15.7. The SMILES string of the molecule is CN(Cn1nc(-c2ccccc2)n(-c2ccc(F)cc2)c1=S)[C@@H]1CCS(=O)(=O)C1. The van der Waals surface area contributed by atoms with E-state index >= 15 is 0 Å². The van der Waals surface area contributed by atoms with Crippen molar-refractivity contribution in [3.63, 3.8) is 0 Å². The molecule has 0 unspecified atom stereocenters. The molecule has 0 N–H and O–H groups in total. The van der Waals surface area contributed by atoms with Crippen molar-refractivity contribution in [2.45, 2.75) is 19.1 Å². The molecule has 1 saturated heterocycles. The van der Waals surface area contributed by atoms with E-state index in [2.05, 4.69) is 0 Å². The number of hydrogen-bond acceptors (Lipinski definition) is 5. The highest BCUT2D eigenvalue weighted by atomic mass is 32.2. The fraction of sp³-hybridized carbons (Fsp3) is 0.300. The third-order valence-corrected chi connectivity index (χ3v) is 7.29. The summed E-state index contributed by atoms with van der Waals surface area (Å²) in [6.45, 7) is 0.368. The van der Waals surface area contributed by atoms with E-state index in [1.54, 1.807) is 16.8 Å². The molecule has 0 spiro atoms. The fourth-order valence-electron chi connectivity index (χ4n) is 3.55. The highest BCUT2D eigenvalue weighted by Gasteiger charge is 2.31. The van der Waals surface area contributed by atoms with E-state index in [0.717, 1.165) is 5.56 Å². The summed E-state index contributed by atoms with van der Waals surface area (Å²) < 4.78 is 41.0. The van der Waals surface area contributed by atoms with Crippen molar-refractivity contribution in [3.8, 4) is 17.1 Å². The quantitative estimate of drug-likeness (QED) is 0.579. The molecule has 2 aromatic carbocycles. The number of nitrogens with zero attached hydrogens (tertiary/aromatic N) is 4. The molecular formula is C20H21FN4O2S2. The molecule has 0 saturated carbocycles. The first-order valence-electron chi connectivity index (χ1n) is 9.26. The number of sulfone groups is 1. The molecule has 29 heavy (non-hydrogen) atoms. The van der Waals surface area contributed by atoms with Gasteiger partial charge in [0.25, 0.3) is 0 Å². The molecule has 6 nitrogen and oxygen atoms in total. The van der Waals surface area contributed by atoms with Crippen LogP contribution >= 0.6 is 12.2 Å². The zero-order valence-electron chi connectivity index (χ0n) is 15.9. The molecule has 0 aliphatic carbocycles. The van der Waals surface area contributed by atoms with E-state index in [4.69, 9.17) is 17.3 Å². The van der Waals surface area contributed by atoms with Crippen molar-refractivity contribution in [2.75, 3.05) is 18.6 Å². The lowest BCUT2D eigenvalue weighted by Gasteiger charge is -2.22. The maximum absolute atomic E-state index is 13.4. The Balaban J connectivity index is 1.74. The largest absolute Gasteiger partial charge is 0.283 e. The molecular weight excluding hydrogens is 411 g/mol. The first-order valence-corrected chi connectivity index (χ1v) is 11.5. The second-order valence-electron chi connectivity index (χ2n) is 7.24. The molecule has 1 aliphatic heterocycles. The summed E-state index contributed by atoms with van der Waals surface area (Å²) in [5.74, 6) is 0.694. The monoisotopic (exact) mass is 432 g/mol. The third kappa shape index (κ3) is 4.17. The number of aromatic nitrogens is 3. The Hall–Kier alpha value is -2.36. The van der Waals surface area contributed by atoms with Gasteiger partial charge in [0.2, 0.25) is 4.77 Å². The fourth-order valence-corrected chi connectivity index (χ4v) is 5.64. The minimum Gasteiger partial charge on any atom is -0.283 e. The van der Waals surface area contributed by atoms with Crippen molar-refractivity contribution in [1.82, 2.24) is 19.2 Å². The minimum atomic E-state index is -2.97. The van der Waals surface area contributed by atoms with Crippen LogP contribution in [-0.4, -0.2) is 52.3 Å². The lowest BCUT2D eigenvalue weighted by atomic mass is 10.2. The van der Waals surface area contributed by atoms with Crippen molar-refractivity contribution >= 4 is 22.1 Å². The van der Waals surface area contributed by atoms with Gasteiger partial charge in [-0.05, 0) is 50.0 Å². The van der Waals surface area contributed by atoms with Gasteiger partial charge in [0.05, 0.1) is 23.9 Å². The van der Waals surface area contributed by atoms with E-state index in [1.165, 1.54) is 12.1 Å². The lowest BCUT2D eigenvalue weighted by Crippen LogP contribution is -2.34. The van der Waals surface area contributed by atoms with Crippen molar-refractivity contribution in [3.05, 3.63) is 65.2 Å². The standard InChI is InChI=1S/C20H21FN4O2S2/c1-23(18-11-12-29(26,27)13-18)14-24-20(28)25(17-9-7-16(21)8-10-17)19(22-24)15-5-3-2-4-6-15/h2-10,18H,11-14H2,1H3/t18-/m1/s1. The Bertz CT molecular complexity index is 1170. The van der Waals surface area contributed by atoms with Crippen LogP contribution in [0.25, 0.3) is 17.1 Å². The van der Waals surface area contributed by atoms with E-state index in [0.29, 0.717) is 29.4 Å². The van der Waals surface area contributed by atoms with Crippen molar-refractivity contribution < 1.29 is 12.8 Å². The molecule has 0 amide bonds. The second-order valence-corrected chi connectivity index (χ2v) is 9.83. The summed E-state index contributed by atoms with van der Waals surface area (Å²) in [7, 11) is -1.09. The normalized spacial score (nSPS) is 18.4. The summed E-state index contributed by atoms with van der Waals surface area (Å²) in [5, 5.41) is 4.72. The van der Waals surface area contributed by atoms with Gasteiger partial charge in [-0.25, -0.2) is 17.5 Å². The van der Waals surface area contributed by atoms with Gasteiger partial charge in [0.15, 0.2) is 15.7 Å². The molecule has 3 aromatic rings. The minimum absolute atomic E-state index is 0.0574. The van der Waals surface area contributed by atoms with Crippen LogP contribution in [0.3, 0.4) is 0 Å². The van der Waals surface area contributed by atoms with Crippen LogP contribution < -0.4 is 0 Å². The van der Waals surface area contributed by atoms with Gasteiger partial charge in [-0.2, -0.15) is 0 Å². The smallest absolute Gasteiger partial charge is 0.204 e. The van der Waals surface area contributed by atoms with E-state index < -0.39 is 9.84 Å². The van der Waals surface area contributed by atoms with Gasteiger partial charge in [-0.3, -0.25) is 9.47 Å². The molecule has 1 aromatic heterocycles. The van der Waals surface area contributed by atoms with Crippen LogP contribution in [0, 0.1) is 10.6 Å². The molecule has 152 valence electrons. The van der Waals surface area contributed by atoms with Gasteiger partial charge in [-0.15, -0.1) is 5.10 Å². The number of rotatable bonds is 5. The zero-order valence-corrected chi connectivity index (χ0v) is 17.5. The predicted molar refractivity (Wildman–Crippen MR) is 113 cm³/mol. The van der Waals surface area contributed by atoms with Gasteiger partial charge >= 0.3 is 0 Å². The lowest BCUT2D eigenvalue weighted by molar-refractivity contribution is 0.196. The highest BCUT2D eigenvalue weighted by Crippen LogP contribution is 2.24. The second kappa shape index (κ2) is 7.81. The first-order chi connectivity index (χ1) is 13.8. The van der Waals surface area contributed by atoms with Crippen molar-refractivity contribution in [1.29, 1.82) is 0 Å². The summed E-state index contributed by atoms with van der Waals surface area (Å²) in [6.07, 6.45) is 0.608. The Morgan fingerprint density at radius 3 is 2.48 bits per heavy atom. The average Bonchev–Trinajstić information content (AvgIpc) is 3.23. The topological polar surface area (TPSA) is 60.1 Å². The molecule has 4 rings (SSSR count). The van der Waals surface area contributed by atoms with Gasteiger partial charge in [0.1, 0.15) is 5.82 Å². The molecule has 9 heteroatoms. The zero-order chi connectivity index (χ0) is 20.6. The Kier molecular flexibility index (Phi) is 5.37. The number of hydrogen-bond donors (Lipinski definition) is 0. The molecule has 1 aliphatic rings. The van der Waals surface area contributed by atoms with E-state index in [-0.39, 0.29) is 23.4 Å². The maximum atomic E-state index is 13.4. The summed E-state index contributed by atoms with van der Waals surface area (Å²) in [4.78, 5) is 1.97. The molecule has 1 atom stereocenters. The van der Waals surface area contributed by atoms with Crippen molar-refractivity contribution in [2.24, 2.45) is 0 Å². The van der Waals surface area contributed by atoms with Crippen LogP contribution in [0.2, 0.25) is 0 Å².